The fourth-order valence-corrected chi connectivity index (χ4v) is 4.39. The standard InChI is InChI=1S/C24H38O2/c1-3-24(17-18-24)14-7-4-5-10-20-21(25)12-11-19(22(20)26)9-6-8-13-23(2)15-16-23/h11-12,25-26H,3-10,13-18H2,1-2H3. The zero-order chi connectivity index (χ0) is 18.6. The Morgan fingerprint density at radius 1 is 0.846 bits per heavy atom. The molecule has 0 spiro atoms. The molecule has 0 unspecified atom stereocenters. The van der Waals surface area contributed by atoms with Gasteiger partial charge in [-0.15, -0.1) is 0 Å². The van der Waals surface area contributed by atoms with E-state index in [1.165, 1.54) is 64.2 Å². The Hall–Kier alpha value is -1.18. The summed E-state index contributed by atoms with van der Waals surface area (Å²) in [7, 11) is 0. The lowest BCUT2D eigenvalue weighted by atomic mass is 9.94. The van der Waals surface area contributed by atoms with Crippen molar-refractivity contribution in [2.24, 2.45) is 10.8 Å². The van der Waals surface area contributed by atoms with Crippen LogP contribution in [0.25, 0.3) is 0 Å². The molecule has 2 fully saturated rings. The Labute approximate surface area is 160 Å². The molecular weight excluding hydrogens is 320 g/mol. The monoisotopic (exact) mass is 358 g/mol. The third kappa shape index (κ3) is 5.18. The number of phenolic OH excluding ortho intramolecular Hbond substituents is 2. The van der Waals surface area contributed by atoms with Crippen LogP contribution in [0.2, 0.25) is 0 Å². The van der Waals surface area contributed by atoms with Crippen LogP contribution in [0.3, 0.4) is 0 Å². The van der Waals surface area contributed by atoms with Crippen LogP contribution in [0, 0.1) is 10.8 Å². The van der Waals surface area contributed by atoms with Crippen molar-refractivity contribution in [1.29, 1.82) is 0 Å². The molecule has 26 heavy (non-hydrogen) atoms. The fourth-order valence-electron chi connectivity index (χ4n) is 4.39. The summed E-state index contributed by atoms with van der Waals surface area (Å²) >= 11 is 0. The molecule has 0 aromatic heterocycles. The zero-order valence-electron chi connectivity index (χ0n) is 16.9. The predicted molar refractivity (Wildman–Crippen MR) is 109 cm³/mol. The highest BCUT2D eigenvalue weighted by Crippen LogP contribution is 2.52. The predicted octanol–water partition coefficient (Wildman–Crippen LogP) is 6.90. The van der Waals surface area contributed by atoms with Gasteiger partial charge < -0.3 is 10.2 Å². The number of unbranched alkanes of at least 4 members (excludes halogenated alkanes) is 3. The van der Waals surface area contributed by atoms with Crippen molar-refractivity contribution in [3.63, 3.8) is 0 Å². The summed E-state index contributed by atoms with van der Waals surface area (Å²) in [5.41, 5.74) is 3.09. The van der Waals surface area contributed by atoms with E-state index >= 15 is 0 Å². The van der Waals surface area contributed by atoms with E-state index in [0.717, 1.165) is 36.8 Å². The SMILES string of the molecule is CCC1(CCCCCc2c(O)ccc(CCCCC3(C)CC3)c2O)CC1. The van der Waals surface area contributed by atoms with E-state index in [1.54, 1.807) is 6.07 Å². The number of benzene rings is 1. The van der Waals surface area contributed by atoms with Crippen molar-refractivity contribution in [3.8, 4) is 11.5 Å². The van der Waals surface area contributed by atoms with Gasteiger partial charge in [0.1, 0.15) is 11.5 Å². The molecule has 2 aliphatic rings. The van der Waals surface area contributed by atoms with E-state index in [9.17, 15) is 10.2 Å². The van der Waals surface area contributed by atoms with E-state index in [1.807, 2.05) is 6.07 Å². The van der Waals surface area contributed by atoms with Gasteiger partial charge in [-0.2, -0.15) is 0 Å². The molecule has 2 heteroatoms. The van der Waals surface area contributed by atoms with Gasteiger partial charge in [-0.3, -0.25) is 0 Å². The van der Waals surface area contributed by atoms with Crippen molar-refractivity contribution in [2.45, 2.75) is 104 Å². The molecule has 0 aliphatic heterocycles. The van der Waals surface area contributed by atoms with Gasteiger partial charge in [0.05, 0.1) is 0 Å². The number of aromatic hydroxyl groups is 2. The molecule has 0 heterocycles. The molecule has 146 valence electrons. The quantitative estimate of drug-likeness (QED) is 0.399. The maximum absolute atomic E-state index is 10.6. The second-order valence-corrected chi connectivity index (χ2v) is 9.50. The van der Waals surface area contributed by atoms with E-state index in [0.29, 0.717) is 16.6 Å². The molecule has 2 nitrogen and oxygen atoms in total. The molecule has 1 aromatic rings. The molecule has 3 rings (SSSR count). The van der Waals surface area contributed by atoms with Gasteiger partial charge in [0.25, 0.3) is 0 Å². The Kier molecular flexibility index (Phi) is 6.20. The first-order chi connectivity index (χ1) is 12.5. The molecule has 0 radical (unpaired) electrons. The van der Waals surface area contributed by atoms with Crippen LogP contribution in [0.15, 0.2) is 12.1 Å². The largest absolute Gasteiger partial charge is 0.508 e. The average Bonchev–Trinajstić information content (AvgIpc) is 3.54. The maximum Gasteiger partial charge on any atom is 0.125 e. The first-order valence-electron chi connectivity index (χ1n) is 11.0. The molecule has 0 saturated heterocycles. The minimum Gasteiger partial charge on any atom is -0.508 e. The van der Waals surface area contributed by atoms with E-state index in [2.05, 4.69) is 13.8 Å². The van der Waals surface area contributed by atoms with Crippen molar-refractivity contribution in [2.75, 3.05) is 0 Å². The lowest BCUT2D eigenvalue weighted by molar-refractivity contribution is 0.414. The number of rotatable bonds is 12. The first kappa shape index (κ1) is 19.6. The molecule has 0 amide bonds. The fraction of sp³-hybridized carbons (Fsp3) is 0.750. The Morgan fingerprint density at radius 3 is 2.19 bits per heavy atom. The number of hydrogen-bond donors (Lipinski definition) is 2. The highest BCUT2D eigenvalue weighted by molar-refractivity contribution is 5.48. The summed E-state index contributed by atoms with van der Waals surface area (Å²) in [6.07, 6.45) is 17.3. The van der Waals surface area contributed by atoms with Gasteiger partial charge in [-0.25, -0.2) is 0 Å². The third-order valence-corrected chi connectivity index (χ3v) is 7.26. The van der Waals surface area contributed by atoms with Crippen LogP contribution in [-0.4, -0.2) is 10.2 Å². The second kappa shape index (κ2) is 8.23. The van der Waals surface area contributed by atoms with Crippen molar-refractivity contribution >= 4 is 0 Å². The van der Waals surface area contributed by atoms with Gasteiger partial charge in [0.15, 0.2) is 0 Å². The van der Waals surface area contributed by atoms with Gasteiger partial charge >= 0.3 is 0 Å². The normalized spacial score (nSPS) is 19.5. The zero-order valence-corrected chi connectivity index (χ0v) is 16.9. The average molecular weight is 359 g/mol. The molecular formula is C24H38O2. The topological polar surface area (TPSA) is 40.5 Å². The number of hydrogen-bond acceptors (Lipinski definition) is 2. The van der Waals surface area contributed by atoms with Gasteiger partial charge in [-0.05, 0) is 86.7 Å². The van der Waals surface area contributed by atoms with E-state index in [-0.39, 0.29) is 5.75 Å². The van der Waals surface area contributed by atoms with Gasteiger partial charge in [0, 0.05) is 5.56 Å². The summed E-state index contributed by atoms with van der Waals surface area (Å²) in [5.74, 6) is 0.624. The van der Waals surface area contributed by atoms with Crippen LogP contribution >= 0.6 is 0 Å². The van der Waals surface area contributed by atoms with E-state index in [4.69, 9.17) is 0 Å². The van der Waals surface area contributed by atoms with Crippen LogP contribution in [-0.2, 0) is 12.8 Å². The molecule has 0 bridgehead atoms. The highest BCUT2D eigenvalue weighted by atomic mass is 16.3. The second-order valence-electron chi connectivity index (χ2n) is 9.50. The molecule has 0 atom stereocenters. The molecule has 2 saturated carbocycles. The highest BCUT2D eigenvalue weighted by Gasteiger charge is 2.39. The first-order valence-corrected chi connectivity index (χ1v) is 11.0. The Morgan fingerprint density at radius 2 is 1.54 bits per heavy atom. The molecule has 2 N–H and O–H groups in total. The summed E-state index contributed by atoms with van der Waals surface area (Å²) in [6.45, 7) is 4.70. The molecule has 1 aromatic carbocycles. The molecule has 2 aliphatic carbocycles. The van der Waals surface area contributed by atoms with Crippen molar-refractivity contribution in [1.82, 2.24) is 0 Å². The van der Waals surface area contributed by atoms with Gasteiger partial charge in [-0.1, -0.05) is 45.6 Å². The summed E-state index contributed by atoms with van der Waals surface area (Å²) in [5, 5.41) is 20.8. The summed E-state index contributed by atoms with van der Waals surface area (Å²) in [4.78, 5) is 0. The third-order valence-electron chi connectivity index (χ3n) is 7.26. The minimum absolute atomic E-state index is 0.268. The van der Waals surface area contributed by atoms with Crippen molar-refractivity contribution < 1.29 is 10.2 Å². The van der Waals surface area contributed by atoms with Crippen LogP contribution < -0.4 is 0 Å². The van der Waals surface area contributed by atoms with Crippen LogP contribution in [0.1, 0.15) is 102 Å². The summed E-state index contributed by atoms with van der Waals surface area (Å²) in [6, 6.07) is 3.69. The lowest BCUT2D eigenvalue weighted by Gasteiger charge is -2.14. The van der Waals surface area contributed by atoms with E-state index < -0.39 is 0 Å². The van der Waals surface area contributed by atoms with Crippen LogP contribution in [0.5, 0.6) is 11.5 Å². The van der Waals surface area contributed by atoms with Crippen LogP contribution in [0.4, 0.5) is 0 Å². The Balaban J connectivity index is 1.42. The maximum atomic E-state index is 10.6. The lowest BCUT2D eigenvalue weighted by Crippen LogP contribution is -1.98. The smallest absolute Gasteiger partial charge is 0.125 e. The summed E-state index contributed by atoms with van der Waals surface area (Å²) < 4.78 is 0. The van der Waals surface area contributed by atoms with Crippen molar-refractivity contribution in [3.05, 3.63) is 23.3 Å². The number of phenols is 2. The minimum atomic E-state index is 0.268. The Bertz CT molecular complexity index is 596. The number of aryl methyl sites for hydroxylation is 1. The van der Waals surface area contributed by atoms with Gasteiger partial charge in [0.2, 0.25) is 0 Å².